The summed E-state index contributed by atoms with van der Waals surface area (Å²) in [4.78, 5) is 24.3. The SMILES string of the molecule is COc1ccc(NC(=O)c2cc3ccc(Br)cc3c(=O)o2)cc1. The minimum atomic E-state index is -0.552. The molecule has 0 aliphatic rings. The van der Waals surface area contributed by atoms with Crippen LogP contribution in [0.25, 0.3) is 10.8 Å². The van der Waals surface area contributed by atoms with Crippen LogP contribution in [0.15, 0.2) is 62.2 Å². The van der Waals surface area contributed by atoms with E-state index >= 15 is 0 Å². The Bertz CT molecular complexity index is 931. The molecule has 0 atom stereocenters. The van der Waals surface area contributed by atoms with E-state index in [0.29, 0.717) is 22.2 Å². The van der Waals surface area contributed by atoms with Crippen molar-refractivity contribution >= 4 is 38.3 Å². The van der Waals surface area contributed by atoms with E-state index in [9.17, 15) is 9.59 Å². The van der Waals surface area contributed by atoms with Gasteiger partial charge in [0.1, 0.15) is 5.75 Å². The van der Waals surface area contributed by atoms with E-state index in [4.69, 9.17) is 9.15 Å². The number of anilines is 1. The van der Waals surface area contributed by atoms with Crippen molar-refractivity contribution in [1.29, 1.82) is 0 Å². The molecular formula is C17H12BrNO4. The van der Waals surface area contributed by atoms with E-state index in [1.54, 1.807) is 55.6 Å². The van der Waals surface area contributed by atoms with E-state index in [0.717, 1.165) is 4.47 Å². The van der Waals surface area contributed by atoms with Crippen LogP contribution in [0.2, 0.25) is 0 Å². The van der Waals surface area contributed by atoms with Gasteiger partial charge in [0.2, 0.25) is 0 Å². The van der Waals surface area contributed by atoms with Crippen molar-refractivity contribution in [3.63, 3.8) is 0 Å². The Morgan fingerprint density at radius 3 is 2.57 bits per heavy atom. The largest absolute Gasteiger partial charge is 0.497 e. The van der Waals surface area contributed by atoms with Gasteiger partial charge in [0.05, 0.1) is 12.5 Å². The zero-order valence-corrected chi connectivity index (χ0v) is 13.7. The summed E-state index contributed by atoms with van der Waals surface area (Å²) < 4.78 is 10.9. The van der Waals surface area contributed by atoms with Gasteiger partial charge in [-0.3, -0.25) is 4.79 Å². The van der Waals surface area contributed by atoms with Crippen LogP contribution in [0.1, 0.15) is 10.6 Å². The van der Waals surface area contributed by atoms with Crippen molar-refractivity contribution in [3.8, 4) is 5.75 Å². The van der Waals surface area contributed by atoms with Gasteiger partial charge in [0.25, 0.3) is 5.91 Å². The summed E-state index contributed by atoms with van der Waals surface area (Å²) in [6.45, 7) is 0. The first-order chi connectivity index (χ1) is 11.1. The minimum Gasteiger partial charge on any atom is -0.497 e. The number of fused-ring (bicyclic) bond motifs is 1. The van der Waals surface area contributed by atoms with Crippen LogP contribution < -0.4 is 15.7 Å². The quantitative estimate of drug-likeness (QED) is 0.757. The van der Waals surface area contributed by atoms with Crippen molar-refractivity contribution < 1.29 is 13.9 Å². The molecule has 1 amide bonds. The number of carbonyl (C=O) groups is 1. The summed E-state index contributed by atoms with van der Waals surface area (Å²) in [6, 6.07) is 13.6. The fourth-order valence-corrected chi connectivity index (χ4v) is 2.50. The van der Waals surface area contributed by atoms with Gasteiger partial charge in [-0.15, -0.1) is 0 Å². The monoisotopic (exact) mass is 373 g/mol. The fourth-order valence-electron chi connectivity index (χ4n) is 2.14. The van der Waals surface area contributed by atoms with E-state index < -0.39 is 11.5 Å². The molecule has 0 spiro atoms. The molecule has 0 saturated heterocycles. The number of benzene rings is 2. The summed E-state index contributed by atoms with van der Waals surface area (Å²) in [5, 5.41) is 3.74. The van der Waals surface area contributed by atoms with Crippen LogP contribution in [0, 0.1) is 0 Å². The third kappa shape index (κ3) is 3.27. The molecule has 5 nitrogen and oxygen atoms in total. The van der Waals surface area contributed by atoms with Crippen molar-refractivity contribution in [3.05, 3.63) is 69.2 Å². The molecule has 0 bridgehead atoms. The molecule has 0 aliphatic heterocycles. The van der Waals surface area contributed by atoms with Gasteiger partial charge in [-0.05, 0) is 47.9 Å². The van der Waals surface area contributed by atoms with Crippen molar-refractivity contribution in [2.24, 2.45) is 0 Å². The van der Waals surface area contributed by atoms with E-state index in [2.05, 4.69) is 21.2 Å². The smallest absolute Gasteiger partial charge is 0.344 e. The van der Waals surface area contributed by atoms with E-state index in [1.165, 1.54) is 0 Å². The normalized spacial score (nSPS) is 10.5. The van der Waals surface area contributed by atoms with Crippen LogP contribution in [-0.2, 0) is 0 Å². The molecule has 6 heteroatoms. The first-order valence-corrected chi connectivity index (χ1v) is 7.55. The first kappa shape index (κ1) is 15.3. The minimum absolute atomic E-state index is 0.0411. The zero-order chi connectivity index (χ0) is 16.4. The summed E-state index contributed by atoms with van der Waals surface area (Å²) in [7, 11) is 1.57. The molecule has 1 aromatic heterocycles. The molecule has 0 fully saturated rings. The Labute approximate surface area is 140 Å². The average molecular weight is 374 g/mol. The maximum Gasteiger partial charge on any atom is 0.344 e. The van der Waals surface area contributed by atoms with Crippen LogP contribution in [-0.4, -0.2) is 13.0 Å². The average Bonchev–Trinajstić information content (AvgIpc) is 2.56. The van der Waals surface area contributed by atoms with Crippen LogP contribution in [0.3, 0.4) is 0 Å². The molecule has 1 heterocycles. The highest BCUT2D eigenvalue weighted by Crippen LogP contribution is 2.19. The van der Waals surface area contributed by atoms with Crippen molar-refractivity contribution in [2.75, 3.05) is 12.4 Å². The van der Waals surface area contributed by atoms with Gasteiger partial charge in [0, 0.05) is 10.2 Å². The molecule has 23 heavy (non-hydrogen) atoms. The second-order valence-electron chi connectivity index (χ2n) is 4.81. The first-order valence-electron chi connectivity index (χ1n) is 6.75. The van der Waals surface area contributed by atoms with Gasteiger partial charge >= 0.3 is 5.63 Å². The Morgan fingerprint density at radius 2 is 1.87 bits per heavy atom. The second kappa shape index (κ2) is 6.26. The highest BCUT2D eigenvalue weighted by Gasteiger charge is 2.13. The number of nitrogens with one attached hydrogen (secondary N) is 1. The maximum absolute atomic E-state index is 12.2. The fraction of sp³-hybridized carbons (Fsp3) is 0.0588. The lowest BCUT2D eigenvalue weighted by molar-refractivity contribution is 0.0993. The van der Waals surface area contributed by atoms with Gasteiger partial charge in [-0.1, -0.05) is 22.0 Å². The zero-order valence-electron chi connectivity index (χ0n) is 12.1. The lowest BCUT2D eigenvalue weighted by Crippen LogP contribution is -2.14. The number of ether oxygens (including phenoxy) is 1. The van der Waals surface area contributed by atoms with Crippen LogP contribution in [0.4, 0.5) is 5.69 Å². The maximum atomic E-state index is 12.2. The predicted octanol–water partition coefficient (Wildman–Crippen LogP) is 3.82. The number of rotatable bonds is 3. The predicted molar refractivity (Wildman–Crippen MR) is 91.1 cm³/mol. The molecule has 3 aromatic rings. The topological polar surface area (TPSA) is 68.5 Å². The lowest BCUT2D eigenvalue weighted by Gasteiger charge is -2.06. The molecule has 0 unspecified atom stereocenters. The Balaban J connectivity index is 1.91. The van der Waals surface area contributed by atoms with Gasteiger partial charge in [-0.25, -0.2) is 4.79 Å². The Morgan fingerprint density at radius 1 is 1.13 bits per heavy atom. The standard InChI is InChI=1S/C17H12BrNO4/c1-22-13-6-4-12(5-7-13)19-16(20)15-8-10-2-3-11(18)9-14(10)17(21)23-15/h2-9H,1H3,(H,19,20). The lowest BCUT2D eigenvalue weighted by atomic mass is 10.1. The molecule has 3 rings (SSSR count). The molecule has 0 saturated carbocycles. The van der Waals surface area contributed by atoms with Gasteiger partial charge in [-0.2, -0.15) is 0 Å². The summed E-state index contributed by atoms with van der Waals surface area (Å²) in [6.07, 6.45) is 0. The van der Waals surface area contributed by atoms with Crippen molar-refractivity contribution in [1.82, 2.24) is 0 Å². The molecule has 2 aromatic carbocycles. The number of hydrogen-bond donors (Lipinski definition) is 1. The third-order valence-corrected chi connectivity index (χ3v) is 3.79. The van der Waals surface area contributed by atoms with Crippen LogP contribution >= 0.6 is 15.9 Å². The second-order valence-corrected chi connectivity index (χ2v) is 5.73. The van der Waals surface area contributed by atoms with E-state index in [1.807, 2.05) is 0 Å². The summed E-state index contributed by atoms with van der Waals surface area (Å²) in [5.41, 5.74) is 0.0260. The van der Waals surface area contributed by atoms with E-state index in [-0.39, 0.29) is 5.76 Å². The van der Waals surface area contributed by atoms with Gasteiger partial charge < -0.3 is 14.5 Å². The molecule has 116 valence electrons. The number of carbonyl (C=O) groups excluding carboxylic acids is 1. The Kier molecular flexibility index (Phi) is 4.16. The molecule has 0 aliphatic carbocycles. The number of methoxy groups -OCH3 is 1. The third-order valence-electron chi connectivity index (χ3n) is 3.30. The summed E-state index contributed by atoms with van der Waals surface area (Å²) >= 11 is 3.30. The highest BCUT2D eigenvalue weighted by molar-refractivity contribution is 9.10. The molecular weight excluding hydrogens is 362 g/mol. The molecule has 1 N–H and O–H groups in total. The Hall–Kier alpha value is -2.60. The van der Waals surface area contributed by atoms with Crippen LogP contribution in [0.5, 0.6) is 5.75 Å². The summed E-state index contributed by atoms with van der Waals surface area (Å²) in [5.74, 6) is 0.156. The van der Waals surface area contributed by atoms with Crippen molar-refractivity contribution in [2.45, 2.75) is 0 Å². The molecule has 0 radical (unpaired) electrons. The van der Waals surface area contributed by atoms with Gasteiger partial charge in [0.15, 0.2) is 5.76 Å². The number of hydrogen-bond acceptors (Lipinski definition) is 4. The number of halogens is 1. The number of amides is 1. The highest BCUT2D eigenvalue weighted by atomic mass is 79.9.